The Hall–Kier alpha value is -1.58. The molecule has 0 aliphatic rings. The van der Waals surface area contributed by atoms with Crippen LogP contribution in [0.25, 0.3) is 0 Å². The van der Waals surface area contributed by atoms with Gasteiger partial charge in [0.15, 0.2) is 0 Å². The van der Waals surface area contributed by atoms with Gasteiger partial charge in [-0.15, -0.1) is 0 Å². The Morgan fingerprint density at radius 1 is 1.40 bits per heavy atom. The zero-order chi connectivity index (χ0) is 11.6. The van der Waals surface area contributed by atoms with E-state index in [0.717, 1.165) is 5.69 Å². The summed E-state index contributed by atoms with van der Waals surface area (Å²) in [6.45, 7) is 6.12. The fraction of sp³-hybridized carbons (Fsp3) is 0.455. The van der Waals surface area contributed by atoms with Gasteiger partial charge in [0.25, 0.3) is 0 Å². The minimum atomic E-state index is -0.431. The number of primary amides is 1. The number of nitrogens with zero attached hydrogens (tertiary/aromatic N) is 1. The van der Waals surface area contributed by atoms with Crippen molar-refractivity contribution in [2.45, 2.75) is 26.2 Å². The highest BCUT2D eigenvalue weighted by atomic mass is 16.1. The number of nitrogens with one attached hydrogen (secondary N) is 1. The molecule has 0 saturated heterocycles. The first kappa shape index (κ1) is 11.5. The van der Waals surface area contributed by atoms with E-state index in [1.807, 2.05) is 20.8 Å². The average molecular weight is 207 g/mol. The maximum Gasteiger partial charge on any atom is 0.248 e. The van der Waals surface area contributed by atoms with E-state index in [0.29, 0.717) is 11.4 Å². The van der Waals surface area contributed by atoms with Crippen molar-refractivity contribution >= 4 is 11.7 Å². The van der Waals surface area contributed by atoms with Crippen molar-refractivity contribution in [2.24, 2.45) is 5.73 Å². The molecule has 0 bridgehead atoms. The Balaban J connectivity index is 3.30. The van der Waals surface area contributed by atoms with Gasteiger partial charge in [0.1, 0.15) is 5.82 Å². The molecule has 0 saturated carbocycles. The van der Waals surface area contributed by atoms with Crippen LogP contribution in [-0.2, 0) is 5.41 Å². The largest absolute Gasteiger partial charge is 0.373 e. The van der Waals surface area contributed by atoms with E-state index < -0.39 is 5.91 Å². The Kier molecular flexibility index (Phi) is 2.98. The molecule has 0 radical (unpaired) electrons. The third kappa shape index (κ3) is 2.68. The number of hydrogen-bond donors (Lipinski definition) is 2. The normalized spacial score (nSPS) is 11.2. The van der Waals surface area contributed by atoms with Crippen LogP contribution in [0.3, 0.4) is 0 Å². The minimum absolute atomic E-state index is 0.100. The van der Waals surface area contributed by atoms with E-state index in [2.05, 4.69) is 10.3 Å². The van der Waals surface area contributed by atoms with Gasteiger partial charge in [-0.1, -0.05) is 20.8 Å². The summed E-state index contributed by atoms with van der Waals surface area (Å²) in [5.74, 6) is 0.232. The molecule has 82 valence electrons. The molecule has 3 N–H and O–H groups in total. The Bertz CT molecular complexity index is 380. The van der Waals surface area contributed by atoms with Gasteiger partial charge in [-0.05, 0) is 12.1 Å². The maximum atomic E-state index is 11.1. The van der Waals surface area contributed by atoms with E-state index >= 15 is 0 Å². The Morgan fingerprint density at radius 3 is 2.40 bits per heavy atom. The van der Waals surface area contributed by atoms with Crippen LogP contribution in [0, 0.1) is 0 Å². The molecule has 0 aliphatic carbocycles. The molecule has 0 atom stereocenters. The fourth-order valence-corrected chi connectivity index (χ4v) is 1.19. The number of anilines is 1. The Morgan fingerprint density at radius 2 is 2.00 bits per heavy atom. The second-order valence-electron chi connectivity index (χ2n) is 4.49. The highest BCUT2D eigenvalue weighted by Gasteiger charge is 2.18. The minimum Gasteiger partial charge on any atom is -0.373 e. The van der Waals surface area contributed by atoms with E-state index in [4.69, 9.17) is 5.73 Å². The van der Waals surface area contributed by atoms with Crippen molar-refractivity contribution in [3.8, 4) is 0 Å². The average Bonchev–Trinajstić information content (AvgIpc) is 2.15. The number of pyridine rings is 1. The van der Waals surface area contributed by atoms with Crippen LogP contribution >= 0.6 is 0 Å². The Labute approximate surface area is 89.9 Å². The summed E-state index contributed by atoms with van der Waals surface area (Å²) < 4.78 is 0. The molecule has 0 fully saturated rings. The summed E-state index contributed by atoms with van der Waals surface area (Å²) >= 11 is 0. The molecule has 4 heteroatoms. The highest BCUT2D eigenvalue weighted by molar-refractivity contribution is 5.93. The van der Waals surface area contributed by atoms with Gasteiger partial charge in [0, 0.05) is 23.7 Å². The third-order valence-electron chi connectivity index (χ3n) is 2.13. The van der Waals surface area contributed by atoms with Crippen LogP contribution in [0.15, 0.2) is 12.1 Å². The number of nitrogens with two attached hydrogens (primary N) is 1. The topological polar surface area (TPSA) is 68.0 Å². The van der Waals surface area contributed by atoms with E-state index in [9.17, 15) is 4.79 Å². The zero-order valence-corrected chi connectivity index (χ0v) is 9.59. The lowest BCUT2D eigenvalue weighted by atomic mass is 9.90. The molecule has 0 aromatic carbocycles. The second kappa shape index (κ2) is 3.88. The summed E-state index contributed by atoms with van der Waals surface area (Å²) in [4.78, 5) is 15.5. The standard InChI is InChI=1S/C11H17N3O/c1-11(2,3)8-5-7(10(12)15)6-9(13-4)14-8/h5-6H,1-4H3,(H2,12,15)(H,13,14). The van der Waals surface area contributed by atoms with Gasteiger partial charge in [0.05, 0.1) is 0 Å². The number of hydrogen-bond acceptors (Lipinski definition) is 3. The van der Waals surface area contributed by atoms with Crippen LogP contribution in [0.5, 0.6) is 0 Å². The first-order valence-corrected chi connectivity index (χ1v) is 4.84. The van der Waals surface area contributed by atoms with Crippen molar-refractivity contribution in [1.82, 2.24) is 4.98 Å². The highest BCUT2D eigenvalue weighted by Crippen LogP contribution is 2.22. The molecule has 1 amide bonds. The number of aromatic nitrogens is 1. The lowest BCUT2D eigenvalue weighted by Gasteiger charge is -2.19. The molecule has 1 heterocycles. The van der Waals surface area contributed by atoms with Crippen LogP contribution in [0.2, 0.25) is 0 Å². The molecule has 1 aromatic heterocycles. The first-order valence-electron chi connectivity index (χ1n) is 4.84. The smallest absolute Gasteiger partial charge is 0.248 e. The van der Waals surface area contributed by atoms with Gasteiger partial charge in [-0.2, -0.15) is 0 Å². The summed E-state index contributed by atoms with van der Waals surface area (Å²) in [6, 6.07) is 3.39. The van der Waals surface area contributed by atoms with Crippen molar-refractivity contribution in [2.75, 3.05) is 12.4 Å². The van der Waals surface area contributed by atoms with Gasteiger partial charge >= 0.3 is 0 Å². The monoisotopic (exact) mass is 207 g/mol. The first-order chi connectivity index (χ1) is 6.84. The molecule has 0 spiro atoms. The molecule has 15 heavy (non-hydrogen) atoms. The molecule has 0 aliphatic heterocycles. The molecule has 0 unspecified atom stereocenters. The summed E-state index contributed by atoms with van der Waals surface area (Å²) in [5, 5.41) is 2.92. The number of carbonyl (C=O) groups is 1. The predicted molar refractivity (Wildman–Crippen MR) is 61.0 cm³/mol. The van der Waals surface area contributed by atoms with E-state index in [1.54, 1.807) is 19.2 Å². The summed E-state index contributed by atoms with van der Waals surface area (Å²) in [6.07, 6.45) is 0. The fourth-order valence-electron chi connectivity index (χ4n) is 1.19. The van der Waals surface area contributed by atoms with Gasteiger partial charge in [-0.3, -0.25) is 4.79 Å². The summed E-state index contributed by atoms with van der Waals surface area (Å²) in [5.41, 5.74) is 6.49. The number of amides is 1. The molecular formula is C11H17N3O. The van der Waals surface area contributed by atoms with Crippen LogP contribution in [0.1, 0.15) is 36.8 Å². The predicted octanol–water partition coefficient (Wildman–Crippen LogP) is 1.52. The van der Waals surface area contributed by atoms with Gasteiger partial charge in [-0.25, -0.2) is 4.98 Å². The van der Waals surface area contributed by atoms with Crippen LogP contribution in [-0.4, -0.2) is 17.9 Å². The quantitative estimate of drug-likeness (QED) is 0.772. The lowest BCUT2D eigenvalue weighted by Crippen LogP contribution is -2.18. The molecule has 4 nitrogen and oxygen atoms in total. The van der Waals surface area contributed by atoms with E-state index in [-0.39, 0.29) is 5.41 Å². The van der Waals surface area contributed by atoms with Crippen LogP contribution < -0.4 is 11.1 Å². The van der Waals surface area contributed by atoms with Crippen molar-refractivity contribution in [1.29, 1.82) is 0 Å². The zero-order valence-electron chi connectivity index (χ0n) is 9.59. The molecule has 1 aromatic rings. The lowest BCUT2D eigenvalue weighted by molar-refractivity contribution is 0.1000. The maximum absolute atomic E-state index is 11.1. The number of carbonyl (C=O) groups excluding carboxylic acids is 1. The van der Waals surface area contributed by atoms with Crippen LogP contribution in [0.4, 0.5) is 5.82 Å². The summed E-state index contributed by atoms with van der Waals surface area (Å²) in [7, 11) is 1.76. The SMILES string of the molecule is CNc1cc(C(N)=O)cc(C(C)(C)C)n1. The molecule has 1 rings (SSSR count). The van der Waals surface area contributed by atoms with Crippen molar-refractivity contribution in [3.63, 3.8) is 0 Å². The third-order valence-corrected chi connectivity index (χ3v) is 2.13. The number of rotatable bonds is 2. The molecular weight excluding hydrogens is 190 g/mol. The van der Waals surface area contributed by atoms with Gasteiger partial charge in [0.2, 0.25) is 5.91 Å². The van der Waals surface area contributed by atoms with E-state index in [1.165, 1.54) is 0 Å². The van der Waals surface area contributed by atoms with Crippen molar-refractivity contribution < 1.29 is 4.79 Å². The second-order valence-corrected chi connectivity index (χ2v) is 4.49. The van der Waals surface area contributed by atoms with Crippen molar-refractivity contribution in [3.05, 3.63) is 23.4 Å². The van der Waals surface area contributed by atoms with Gasteiger partial charge < -0.3 is 11.1 Å².